The Morgan fingerprint density at radius 2 is 1.05 bits per heavy atom. The van der Waals surface area contributed by atoms with Gasteiger partial charge in [0.15, 0.2) is 11.3 Å². The maximum absolute atomic E-state index is 14.4. The average molecular weight is 1170 g/mol. The van der Waals surface area contributed by atoms with E-state index in [-0.39, 0.29) is 16.9 Å². The summed E-state index contributed by atoms with van der Waals surface area (Å²) in [5.74, 6) is -1.47. The van der Waals surface area contributed by atoms with Crippen LogP contribution < -0.4 is 36.0 Å². The van der Waals surface area contributed by atoms with E-state index in [0.717, 1.165) is 53.3 Å². The van der Waals surface area contributed by atoms with Crippen molar-refractivity contribution in [3.05, 3.63) is 201 Å². The lowest BCUT2D eigenvalue weighted by Crippen LogP contribution is -2.47. The smallest absolute Gasteiger partial charge is 0.272 e. The van der Waals surface area contributed by atoms with E-state index in [9.17, 15) is 18.4 Å². The Kier molecular flexibility index (Phi) is 16.9. The van der Waals surface area contributed by atoms with E-state index in [1.807, 2.05) is 137 Å². The Bertz CT molecular complexity index is 3600. The number of halogens is 4. The zero-order chi connectivity index (χ0) is 53.7. The van der Waals surface area contributed by atoms with Gasteiger partial charge in [-0.2, -0.15) is 4.36 Å². The van der Waals surface area contributed by atoms with Crippen LogP contribution in [0.5, 0.6) is 0 Å². The lowest BCUT2D eigenvalue weighted by Gasteiger charge is -2.22. The van der Waals surface area contributed by atoms with E-state index in [1.54, 1.807) is 26.2 Å². The summed E-state index contributed by atoms with van der Waals surface area (Å²) >= 11 is 17.5. The molecule has 2 unspecified atom stereocenters. The summed E-state index contributed by atoms with van der Waals surface area (Å²) in [4.78, 5) is 41.9. The number of nitrogens with zero attached hydrogens (tertiary/aromatic N) is 7. The minimum absolute atomic E-state index is 0.242. The number of fused-ring (bicyclic) bond motifs is 4. The molecule has 12 nitrogen and oxygen atoms in total. The molecule has 4 N–H and O–H groups in total. The van der Waals surface area contributed by atoms with Gasteiger partial charge in [-0.15, -0.1) is 0 Å². The third kappa shape index (κ3) is 11.6. The minimum atomic E-state index is -1.04. The van der Waals surface area contributed by atoms with Crippen LogP contribution in [0.3, 0.4) is 0 Å². The summed E-state index contributed by atoms with van der Waals surface area (Å²) in [6.07, 6.45) is -2.06. The van der Waals surface area contributed by atoms with Gasteiger partial charge in [0.1, 0.15) is 11.6 Å². The van der Waals surface area contributed by atoms with Gasteiger partial charge < -0.3 is 36.0 Å². The van der Waals surface area contributed by atoms with Crippen molar-refractivity contribution >= 4 is 141 Å². The first-order chi connectivity index (χ1) is 36.0. The minimum Gasteiger partial charge on any atom is -0.377 e. The summed E-state index contributed by atoms with van der Waals surface area (Å²) in [6.45, 7) is 0. The van der Waals surface area contributed by atoms with Gasteiger partial charge in [0.05, 0.1) is 28.5 Å². The molecule has 0 bridgehead atoms. The van der Waals surface area contributed by atoms with Crippen LogP contribution in [0.15, 0.2) is 181 Å². The highest BCUT2D eigenvalue weighted by molar-refractivity contribution is 9.10. The van der Waals surface area contributed by atoms with Crippen LogP contribution in [0.1, 0.15) is 22.3 Å². The molecule has 8 aromatic rings. The molecule has 0 aromatic heterocycles. The summed E-state index contributed by atoms with van der Waals surface area (Å²) in [5, 5.41) is 10.9. The van der Waals surface area contributed by atoms with Crippen LogP contribution in [-0.4, -0.2) is 83.0 Å². The maximum atomic E-state index is 14.4. The quantitative estimate of drug-likeness (QED) is 0.133. The number of carbonyl (C=O) groups excluding carboxylic acids is 2. The Hall–Kier alpha value is -7.35. The predicted molar refractivity (Wildman–Crippen MR) is 316 cm³/mol. The van der Waals surface area contributed by atoms with Crippen molar-refractivity contribution in [2.75, 3.05) is 67.2 Å². The molecule has 380 valence electrons. The molecule has 0 spiro atoms. The van der Waals surface area contributed by atoms with E-state index in [0.29, 0.717) is 33.9 Å². The van der Waals surface area contributed by atoms with Crippen molar-refractivity contribution in [3.8, 4) is 0 Å². The molecule has 18 heteroatoms. The number of nitrogens with two attached hydrogens (primary N) is 1. The van der Waals surface area contributed by atoms with Crippen molar-refractivity contribution in [1.82, 2.24) is 5.32 Å². The van der Waals surface area contributed by atoms with Crippen LogP contribution in [-0.2, 0) is 22.0 Å². The second kappa shape index (κ2) is 23.5. The first-order valence-corrected chi connectivity index (χ1v) is 25.7. The zero-order valence-electron chi connectivity index (χ0n) is 41.5. The van der Waals surface area contributed by atoms with Crippen LogP contribution in [0, 0.1) is 11.6 Å². The average Bonchev–Trinajstić information content (AvgIpc) is 3.56. The molecule has 2 atom stereocenters. The molecule has 0 saturated carbocycles. The van der Waals surface area contributed by atoms with Gasteiger partial charge in [-0.05, 0) is 85.0 Å². The maximum Gasteiger partial charge on any atom is 0.272 e. The lowest BCUT2D eigenvalue weighted by atomic mass is 10.00. The third-order valence-corrected chi connectivity index (χ3v) is 14.2. The largest absolute Gasteiger partial charge is 0.377 e. The van der Waals surface area contributed by atoms with Gasteiger partial charge in [0, 0.05) is 125 Å². The van der Waals surface area contributed by atoms with Crippen molar-refractivity contribution in [3.63, 3.8) is 0 Å². The molecule has 0 aliphatic carbocycles. The van der Waals surface area contributed by atoms with Gasteiger partial charge >= 0.3 is 0 Å². The number of aliphatic imine (C=N–C) groups is 2. The summed E-state index contributed by atoms with van der Waals surface area (Å²) in [7, 11) is 11.3. The molecule has 8 aromatic carbocycles. The molecule has 2 aliphatic rings. The zero-order valence-corrected chi connectivity index (χ0v) is 46.3. The predicted octanol–water partition coefficient (Wildman–Crippen LogP) is 11.9. The molecule has 2 amide bonds. The van der Waals surface area contributed by atoms with Crippen molar-refractivity contribution < 1.29 is 18.4 Å². The van der Waals surface area contributed by atoms with E-state index in [1.165, 1.54) is 45.1 Å². The number of amides is 2. The normalized spacial score (nSPS) is 14.9. The Morgan fingerprint density at radius 1 is 0.600 bits per heavy atom. The second-order valence-corrected chi connectivity index (χ2v) is 20.0. The lowest BCUT2D eigenvalue weighted by molar-refractivity contribution is -0.120. The van der Waals surface area contributed by atoms with Gasteiger partial charge in [-0.1, -0.05) is 117 Å². The van der Waals surface area contributed by atoms with Crippen molar-refractivity contribution in [2.45, 2.75) is 12.3 Å². The molecule has 0 fully saturated rings. The number of anilines is 5. The number of carbonyl (C=O) groups is 2. The van der Waals surface area contributed by atoms with Gasteiger partial charge in [0.25, 0.3) is 11.8 Å². The van der Waals surface area contributed by atoms with Crippen LogP contribution in [0.2, 0.25) is 0 Å². The molecular weight excluding hydrogens is 1120 g/mol. The van der Waals surface area contributed by atoms with E-state index in [4.69, 9.17) is 35.4 Å². The molecule has 2 heterocycles. The van der Waals surface area contributed by atoms with E-state index in [2.05, 4.69) is 73.8 Å². The number of benzodiazepines with no additional fused rings is 2. The number of likely N-dealkylation sites (N-methyl/N-ethyl adjacent to an activating group) is 2. The Labute approximate surface area is 461 Å². The third-order valence-electron chi connectivity index (χ3n) is 12.4. The molecule has 0 radical (unpaired) electrons. The summed E-state index contributed by atoms with van der Waals surface area (Å²) in [5.41, 5.74) is 14.5. The van der Waals surface area contributed by atoms with Crippen molar-refractivity contribution in [1.29, 1.82) is 0 Å². The molecule has 2 aliphatic heterocycles. The van der Waals surface area contributed by atoms with Gasteiger partial charge in [-0.3, -0.25) is 14.6 Å². The topological polar surface area (TPSA) is 134 Å². The van der Waals surface area contributed by atoms with Crippen LogP contribution in [0.25, 0.3) is 21.5 Å². The highest BCUT2D eigenvalue weighted by Gasteiger charge is 2.32. The SMILES string of the molecule is CN(C)c1ccc(N=S)c2ccccc12.CN(C)c1ccc(NC(=S)NC2N=C(c3ccccc3Br)c3cc(F)ccc3N(C)C2=O)c2ccccc12.CN1C(=O)C(N)N=C(c2ccccc2Br)c2cc(F)ccc21. The number of hydrogen-bond acceptors (Lipinski definition) is 10. The Balaban J connectivity index is 0.000000169. The molecular formula is C57H50Br2F2N10O2S2. The fourth-order valence-electron chi connectivity index (χ4n) is 8.75. The number of thiocarbonyl (C=S) groups is 1. The molecule has 0 saturated heterocycles. The highest BCUT2D eigenvalue weighted by atomic mass is 79.9. The van der Waals surface area contributed by atoms with Gasteiger partial charge in [-0.25, -0.2) is 13.8 Å². The summed E-state index contributed by atoms with van der Waals surface area (Å²) in [6, 6.07) is 47.7. The fraction of sp³-hybridized carbons (Fsp3) is 0.140. The number of nitrogens with one attached hydrogen (secondary N) is 2. The first kappa shape index (κ1) is 53.9. The van der Waals surface area contributed by atoms with Crippen molar-refractivity contribution in [2.24, 2.45) is 20.1 Å². The Morgan fingerprint density at radius 3 is 1.57 bits per heavy atom. The number of benzene rings is 8. The summed E-state index contributed by atoms with van der Waals surface area (Å²) < 4.78 is 33.6. The number of rotatable bonds is 7. The number of hydrogen-bond donors (Lipinski definition) is 3. The molecule has 75 heavy (non-hydrogen) atoms. The van der Waals surface area contributed by atoms with Gasteiger partial charge in [0.2, 0.25) is 6.17 Å². The van der Waals surface area contributed by atoms with Crippen LogP contribution >= 0.6 is 44.1 Å². The first-order valence-electron chi connectivity index (χ1n) is 23.3. The monoisotopic (exact) mass is 1170 g/mol. The highest BCUT2D eigenvalue weighted by Crippen LogP contribution is 2.35. The standard InChI is InChI=1S/C29H25BrFN5OS.C16H13BrFN3O.C12H12N2S/c1-35(2)24-15-13-23(18-8-4-5-9-19(18)24)32-29(38)34-27-28(37)36(3)25-14-12-17(31)16-21(25)26(33-27)20-10-6-7-11-22(20)30;1-21-13-7-6-9(18)8-11(13)14(20-15(19)16(21)22)10-4-2-3-5-12(10)17;1-14(2)12-8-7-11(13-15)9-5-3-4-6-10(9)12/h4-16,27H,1-3H3,(H2,32,34,38);2-8,15H,19H2,1H3;3-8H,1-2H3. The van der Waals surface area contributed by atoms with E-state index >= 15 is 0 Å². The second-order valence-electron chi connectivity index (χ2n) is 17.7. The fourth-order valence-corrected chi connectivity index (χ4v) is 10.1. The van der Waals surface area contributed by atoms with E-state index < -0.39 is 24.0 Å². The van der Waals surface area contributed by atoms with Crippen LogP contribution in [0.4, 0.5) is 42.9 Å². The molecule has 10 rings (SSSR count).